The van der Waals surface area contributed by atoms with E-state index < -0.39 is 28.5 Å². The van der Waals surface area contributed by atoms with Gasteiger partial charge >= 0.3 is 0 Å². The van der Waals surface area contributed by atoms with Crippen molar-refractivity contribution >= 4 is 27.5 Å². The van der Waals surface area contributed by atoms with E-state index in [9.17, 15) is 18.0 Å². The Morgan fingerprint density at radius 2 is 1.50 bits per heavy atom. The van der Waals surface area contributed by atoms with Crippen molar-refractivity contribution in [2.24, 2.45) is 0 Å². The summed E-state index contributed by atoms with van der Waals surface area (Å²) >= 11 is 0. The Balaban J connectivity index is 2.05. The predicted octanol–water partition coefficient (Wildman–Crippen LogP) is 4.87. The van der Waals surface area contributed by atoms with Gasteiger partial charge in [-0.05, 0) is 54.7 Å². The monoisotopic (exact) mass is 535 g/mol. The Kier molecular flexibility index (Phi) is 9.69. The van der Waals surface area contributed by atoms with Crippen LogP contribution in [0.5, 0.6) is 0 Å². The van der Waals surface area contributed by atoms with Gasteiger partial charge < -0.3 is 10.2 Å². The highest BCUT2D eigenvalue weighted by molar-refractivity contribution is 7.92. The second-order valence-electron chi connectivity index (χ2n) is 9.62. The van der Waals surface area contributed by atoms with Crippen LogP contribution in [0.15, 0.2) is 83.8 Å². The number of sulfonamides is 1. The van der Waals surface area contributed by atoms with Crippen LogP contribution in [0.2, 0.25) is 0 Å². The number of benzene rings is 3. The van der Waals surface area contributed by atoms with Gasteiger partial charge in [-0.15, -0.1) is 0 Å². The number of carbonyl (C=O) groups is 2. The second-order valence-corrected chi connectivity index (χ2v) is 11.5. The highest BCUT2D eigenvalue weighted by Gasteiger charge is 2.33. The van der Waals surface area contributed by atoms with E-state index in [0.29, 0.717) is 12.1 Å². The van der Waals surface area contributed by atoms with Gasteiger partial charge in [-0.2, -0.15) is 0 Å². The zero-order valence-electron chi connectivity index (χ0n) is 22.7. The fraction of sp³-hybridized carbons (Fsp3) is 0.333. The average Bonchev–Trinajstić information content (AvgIpc) is 2.92. The maximum absolute atomic E-state index is 13.9. The first-order chi connectivity index (χ1) is 18.1. The molecule has 0 aliphatic heterocycles. The molecular formula is C30H37N3O4S. The van der Waals surface area contributed by atoms with Crippen molar-refractivity contribution in [1.82, 2.24) is 10.2 Å². The molecule has 0 saturated carbocycles. The molecule has 0 fully saturated rings. The van der Waals surface area contributed by atoms with Gasteiger partial charge in [0.05, 0.1) is 10.6 Å². The first kappa shape index (κ1) is 28.9. The van der Waals surface area contributed by atoms with Crippen LogP contribution in [0.3, 0.4) is 0 Å². The third-order valence-electron chi connectivity index (χ3n) is 6.56. The molecule has 0 aliphatic carbocycles. The van der Waals surface area contributed by atoms with Gasteiger partial charge in [-0.3, -0.25) is 13.9 Å². The van der Waals surface area contributed by atoms with Gasteiger partial charge in [0.2, 0.25) is 11.8 Å². The van der Waals surface area contributed by atoms with Crippen LogP contribution in [0, 0.1) is 6.92 Å². The van der Waals surface area contributed by atoms with Crippen molar-refractivity contribution in [1.29, 1.82) is 0 Å². The summed E-state index contributed by atoms with van der Waals surface area (Å²) in [7, 11) is -2.54. The molecular weight excluding hydrogens is 498 g/mol. The zero-order chi connectivity index (χ0) is 27.9. The summed E-state index contributed by atoms with van der Waals surface area (Å²) in [6.07, 6.45) is 0.381. The first-order valence-electron chi connectivity index (χ1n) is 12.8. The van der Waals surface area contributed by atoms with E-state index in [2.05, 4.69) is 19.2 Å². The van der Waals surface area contributed by atoms with E-state index in [1.54, 1.807) is 30.3 Å². The summed E-state index contributed by atoms with van der Waals surface area (Å²) in [6.45, 7) is 7.66. The minimum absolute atomic E-state index is 0.0872. The van der Waals surface area contributed by atoms with Crippen molar-refractivity contribution in [2.45, 2.75) is 57.5 Å². The molecule has 0 aliphatic rings. The van der Waals surface area contributed by atoms with Gasteiger partial charge in [-0.25, -0.2) is 8.42 Å². The van der Waals surface area contributed by atoms with Crippen LogP contribution in [0.4, 0.5) is 5.69 Å². The molecule has 0 saturated heterocycles. The van der Waals surface area contributed by atoms with E-state index >= 15 is 0 Å². The standard InChI is InChI=1S/C30H37N3O4S/c1-6-28(30(35)31-5)32(20-24-14-12-23(4)13-15-24)29(34)21-33(26-18-16-25(17-19-26)22(2)3)38(36,37)27-10-8-7-9-11-27/h7-19,22,28H,6,20-21H2,1-5H3,(H,31,35)/t28-/m1/s1. The number of amides is 2. The maximum atomic E-state index is 13.9. The summed E-state index contributed by atoms with van der Waals surface area (Å²) in [6, 6.07) is 22.2. The van der Waals surface area contributed by atoms with Gasteiger partial charge in [0.25, 0.3) is 10.0 Å². The van der Waals surface area contributed by atoms with Gasteiger partial charge in [0.1, 0.15) is 12.6 Å². The van der Waals surface area contributed by atoms with E-state index in [1.807, 2.05) is 50.2 Å². The molecule has 38 heavy (non-hydrogen) atoms. The van der Waals surface area contributed by atoms with Crippen LogP contribution in [-0.4, -0.2) is 44.8 Å². The molecule has 2 amide bonds. The van der Waals surface area contributed by atoms with Gasteiger partial charge in [0, 0.05) is 13.6 Å². The minimum Gasteiger partial charge on any atom is -0.357 e. The molecule has 0 unspecified atom stereocenters. The highest BCUT2D eigenvalue weighted by atomic mass is 32.2. The van der Waals surface area contributed by atoms with Crippen LogP contribution < -0.4 is 9.62 Å². The molecule has 0 aromatic heterocycles. The van der Waals surface area contributed by atoms with Crippen LogP contribution >= 0.6 is 0 Å². The lowest BCUT2D eigenvalue weighted by atomic mass is 10.0. The van der Waals surface area contributed by atoms with E-state index in [4.69, 9.17) is 0 Å². The van der Waals surface area contributed by atoms with Gasteiger partial charge in [0.15, 0.2) is 0 Å². The van der Waals surface area contributed by atoms with E-state index in [1.165, 1.54) is 24.1 Å². The Labute approximate surface area is 226 Å². The topological polar surface area (TPSA) is 86.8 Å². The fourth-order valence-electron chi connectivity index (χ4n) is 4.25. The van der Waals surface area contributed by atoms with Crippen LogP contribution in [0.1, 0.15) is 49.8 Å². The van der Waals surface area contributed by atoms with Crippen molar-refractivity contribution in [3.63, 3.8) is 0 Å². The lowest BCUT2D eigenvalue weighted by Crippen LogP contribution is -2.51. The zero-order valence-corrected chi connectivity index (χ0v) is 23.5. The number of rotatable bonds is 11. The largest absolute Gasteiger partial charge is 0.357 e. The number of hydrogen-bond donors (Lipinski definition) is 1. The average molecular weight is 536 g/mol. The lowest BCUT2D eigenvalue weighted by molar-refractivity contribution is -0.140. The lowest BCUT2D eigenvalue weighted by Gasteiger charge is -2.33. The molecule has 7 nitrogen and oxygen atoms in total. The van der Waals surface area contributed by atoms with Crippen molar-refractivity contribution in [3.8, 4) is 0 Å². The van der Waals surface area contributed by atoms with E-state index in [0.717, 1.165) is 21.0 Å². The molecule has 1 N–H and O–H groups in total. The Morgan fingerprint density at radius 3 is 2.03 bits per heavy atom. The summed E-state index contributed by atoms with van der Waals surface area (Å²) < 4.78 is 28.8. The molecule has 0 bridgehead atoms. The molecule has 202 valence electrons. The molecule has 0 radical (unpaired) electrons. The number of anilines is 1. The Morgan fingerprint density at radius 1 is 0.895 bits per heavy atom. The molecule has 0 spiro atoms. The molecule has 3 aromatic rings. The number of likely N-dealkylation sites (N-methyl/N-ethyl adjacent to an activating group) is 1. The van der Waals surface area contributed by atoms with Crippen LogP contribution in [0.25, 0.3) is 0 Å². The third-order valence-corrected chi connectivity index (χ3v) is 8.35. The van der Waals surface area contributed by atoms with Crippen molar-refractivity contribution < 1.29 is 18.0 Å². The predicted molar refractivity (Wildman–Crippen MR) is 151 cm³/mol. The second kappa shape index (κ2) is 12.7. The molecule has 8 heteroatoms. The quantitative estimate of drug-likeness (QED) is 0.380. The first-order valence-corrected chi connectivity index (χ1v) is 14.3. The Bertz CT molecular complexity index is 1320. The maximum Gasteiger partial charge on any atom is 0.264 e. The number of nitrogens with one attached hydrogen (secondary N) is 1. The summed E-state index contributed by atoms with van der Waals surface area (Å²) in [4.78, 5) is 28.2. The van der Waals surface area contributed by atoms with E-state index in [-0.39, 0.29) is 23.3 Å². The molecule has 3 aromatic carbocycles. The van der Waals surface area contributed by atoms with Crippen LogP contribution in [-0.2, 0) is 26.2 Å². The van der Waals surface area contributed by atoms with Crippen molar-refractivity contribution in [2.75, 3.05) is 17.9 Å². The summed E-state index contributed by atoms with van der Waals surface area (Å²) in [5, 5.41) is 2.64. The number of hydrogen-bond acceptors (Lipinski definition) is 4. The minimum atomic E-state index is -4.07. The number of nitrogens with zero attached hydrogens (tertiary/aromatic N) is 2. The molecule has 3 rings (SSSR count). The SMILES string of the molecule is CC[C@H](C(=O)NC)N(Cc1ccc(C)cc1)C(=O)CN(c1ccc(C(C)C)cc1)S(=O)(=O)c1ccccc1. The normalized spacial score (nSPS) is 12.2. The Hall–Kier alpha value is -3.65. The number of aryl methyl sites for hydroxylation is 1. The third kappa shape index (κ3) is 6.81. The number of carbonyl (C=O) groups excluding carboxylic acids is 2. The molecule has 1 atom stereocenters. The summed E-state index contributed by atoms with van der Waals surface area (Å²) in [5.74, 6) is -0.493. The van der Waals surface area contributed by atoms with Gasteiger partial charge in [-0.1, -0.05) is 80.9 Å². The summed E-state index contributed by atoms with van der Waals surface area (Å²) in [5.41, 5.74) is 3.37. The molecule has 0 heterocycles. The fourth-order valence-corrected chi connectivity index (χ4v) is 5.69. The smallest absolute Gasteiger partial charge is 0.264 e. The highest BCUT2D eigenvalue weighted by Crippen LogP contribution is 2.26. The van der Waals surface area contributed by atoms with Crippen molar-refractivity contribution in [3.05, 3.63) is 95.6 Å².